The van der Waals surface area contributed by atoms with Crippen molar-refractivity contribution in [1.29, 1.82) is 0 Å². The van der Waals surface area contributed by atoms with Crippen LogP contribution in [0.4, 0.5) is 4.79 Å². The number of benzene rings is 2. The Balaban J connectivity index is 1.91. The maximum atomic E-state index is 12.8. The normalized spacial score (nSPS) is 19.5. The van der Waals surface area contributed by atoms with Gasteiger partial charge in [-0.05, 0) is 38.3 Å². The Morgan fingerprint density at radius 2 is 1.61 bits per heavy atom. The monoisotopic (exact) mass is 380 g/mol. The second-order valence-corrected chi connectivity index (χ2v) is 8.29. The molecule has 0 bridgehead atoms. The quantitative estimate of drug-likeness (QED) is 0.843. The second-order valence-electron chi connectivity index (χ2n) is 8.29. The van der Waals surface area contributed by atoms with Crippen molar-refractivity contribution in [2.24, 2.45) is 0 Å². The van der Waals surface area contributed by atoms with Gasteiger partial charge in [0.1, 0.15) is 11.3 Å². The van der Waals surface area contributed by atoms with Crippen molar-refractivity contribution in [2.45, 2.75) is 57.8 Å². The molecule has 0 radical (unpaired) electrons. The zero-order valence-corrected chi connectivity index (χ0v) is 16.8. The van der Waals surface area contributed by atoms with Crippen LogP contribution in [0.2, 0.25) is 0 Å². The summed E-state index contributed by atoms with van der Waals surface area (Å²) in [5.74, 6) is 0.0378. The van der Waals surface area contributed by atoms with Crippen LogP contribution < -0.4 is 5.32 Å². The SMILES string of the molecule is CC(C)(C)OC(=O)N[C@]1(Cc2ccccc2)CCC(=O)N1Cc1ccccc1. The summed E-state index contributed by atoms with van der Waals surface area (Å²) in [6.07, 6.45) is 0.977. The van der Waals surface area contributed by atoms with Gasteiger partial charge in [0, 0.05) is 19.4 Å². The smallest absolute Gasteiger partial charge is 0.409 e. The molecule has 1 saturated heterocycles. The van der Waals surface area contributed by atoms with Gasteiger partial charge in [0.15, 0.2) is 0 Å². The summed E-state index contributed by atoms with van der Waals surface area (Å²) < 4.78 is 5.51. The summed E-state index contributed by atoms with van der Waals surface area (Å²) in [6, 6.07) is 19.8. The van der Waals surface area contributed by atoms with Gasteiger partial charge in [-0.2, -0.15) is 0 Å². The van der Waals surface area contributed by atoms with Crippen molar-refractivity contribution in [3.8, 4) is 0 Å². The molecule has 5 heteroatoms. The van der Waals surface area contributed by atoms with E-state index < -0.39 is 17.4 Å². The van der Waals surface area contributed by atoms with Crippen LogP contribution in [-0.2, 0) is 22.5 Å². The largest absolute Gasteiger partial charge is 0.444 e. The molecule has 0 aliphatic carbocycles. The van der Waals surface area contributed by atoms with Gasteiger partial charge in [0.2, 0.25) is 5.91 Å². The summed E-state index contributed by atoms with van der Waals surface area (Å²) in [4.78, 5) is 27.2. The number of rotatable bonds is 5. The maximum absolute atomic E-state index is 12.8. The zero-order valence-electron chi connectivity index (χ0n) is 16.8. The lowest BCUT2D eigenvalue weighted by Crippen LogP contribution is -2.60. The number of likely N-dealkylation sites (tertiary alicyclic amines) is 1. The van der Waals surface area contributed by atoms with Gasteiger partial charge in [-0.15, -0.1) is 0 Å². The number of hydrogen-bond acceptors (Lipinski definition) is 3. The van der Waals surface area contributed by atoms with E-state index in [-0.39, 0.29) is 5.91 Å². The fraction of sp³-hybridized carbons (Fsp3) is 0.391. The van der Waals surface area contributed by atoms with E-state index in [2.05, 4.69) is 5.32 Å². The molecule has 2 aromatic rings. The number of nitrogens with zero attached hydrogens (tertiary/aromatic N) is 1. The Bertz CT molecular complexity index is 815. The molecule has 0 aromatic heterocycles. The number of nitrogens with one attached hydrogen (secondary N) is 1. The van der Waals surface area contributed by atoms with E-state index in [1.165, 1.54) is 0 Å². The number of carbonyl (C=O) groups is 2. The third-order valence-corrected chi connectivity index (χ3v) is 4.83. The lowest BCUT2D eigenvalue weighted by atomic mass is 9.96. The maximum Gasteiger partial charge on any atom is 0.409 e. The summed E-state index contributed by atoms with van der Waals surface area (Å²) in [6.45, 7) is 5.94. The molecule has 0 spiro atoms. The molecule has 148 valence electrons. The minimum atomic E-state index is -0.809. The van der Waals surface area contributed by atoms with E-state index >= 15 is 0 Å². The highest BCUT2D eigenvalue weighted by molar-refractivity contribution is 5.81. The fourth-order valence-electron chi connectivity index (χ4n) is 3.61. The molecule has 2 aromatic carbocycles. The zero-order chi connectivity index (χ0) is 20.2. The fourth-order valence-corrected chi connectivity index (χ4v) is 3.61. The molecular formula is C23H28N2O3. The Morgan fingerprint density at radius 3 is 2.18 bits per heavy atom. The van der Waals surface area contributed by atoms with Gasteiger partial charge in [-0.1, -0.05) is 60.7 Å². The summed E-state index contributed by atoms with van der Waals surface area (Å²) in [5, 5.41) is 3.04. The number of ether oxygens (including phenoxy) is 1. The molecule has 3 rings (SSSR count). The second kappa shape index (κ2) is 8.05. The highest BCUT2D eigenvalue weighted by atomic mass is 16.6. The van der Waals surface area contributed by atoms with E-state index in [4.69, 9.17) is 4.74 Å². The third-order valence-electron chi connectivity index (χ3n) is 4.83. The molecule has 1 fully saturated rings. The lowest BCUT2D eigenvalue weighted by Gasteiger charge is -2.40. The van der Waals surface area contributed by atoms with Crippen LogP contribution in [0.3, 0.4) is 0 Å². The van der Waals surface area contributed by atoms with Crippen molar-refractivity contribution < 1.29 is 14.3 Å². The number of alkyl carbamates (subject to hydrolysis) is 1. The minimum absolute atomic E-state index is 0.0378. The van der Waals surface area contributed by atoms with Crippen LogP contribution in [0.1, 0.15) is 44.7 Å². The molecule has 0 saturated carbocycles. The lowest BCUT2D eigenvalue weighted by molar-refractivity contribution is -0.132. The summed E-state index contributed by atoms with van der Waals surface area (Å²) in [7, 11) is 0. The van der Waals surface area contributed by atoms with Crippen molar-refractivity contribution in [2.75, 3.05) is 0 Å². The average molecular weight is 380 g/mol. The summed E-state index contributed by atoms with van der Waals surface area (Å²) >= 11 is 0. The van der Waals surface area contributed by atoms with E-state index in [0.717, 1.165) is 11.1 Å². The molecule has 5 nitrogen and oxygen atoms in total. The Kier molecular flexibility index (Phi) is 5.73. The molecule has 1 heterocycles. The first-order valence-corrected chi connectivity index (χ1v) is 9.67. The number of carbonyl (C=O) groups excluding carboxylic acids is 2. The first kappa shape index (κ1) is 19.9. The Morgan fingerprint density at radius 1 is 1.04 bits per heavy atom. The predicted molar refractivity (Wildman–Crippen MR) is 108 cm³/mol. The van der Waals surface area contributed by atoms with Gasteiger partial charge >= 0.3 is 6.09 Å². The topological polar surface area (TPSA) is 58.6 Å². The van der Waals surface area contributed by atoms with Crippen LogP contribution in [0.5, 0.6) is 0 Å². The molecule has 2 amide bonds. The van der Waals surface area contributed by atoms with E-state index in [0.29, 0.717) is 25.8 Å². The molecular weight excluding hydrogens is 352 g/mol. The van der Waals surface area contributed by atoms with E-state index in [9.17, 15) is 9.59 Å². The van der Waals surface area contributed by atoms with Crippen LogP contribution in [0.25, 0.3) is 0 Å². The van der Waals surface area contributed by atoms with Crippen LogP contribution in [0, 0.1) is 0 Å². The average Bonchev–Trinajstić information content (AvgIpc) is 2.91. The van der Waals surface area contributed by atoms with Crippen molar-refractivity contribution >= 4 is 12.0 Å². The predicted octanol–water partition coefficient (Wildman–Crippen LogP) is 4.27. The van der Waals surface area contributed by atoms with Gasteiger partial charge in [-0.3, -0.25) is 10.1 Å². The van der Waals surface area contributed by atoms with Gasteiger partial charge in [0.25, 0.3) is 0 Å². The number of amides is 2. The highest BCUT2D eigenvalue weighted by Crippen LogP contribution is 2.33. The molecule has 0 unspecified atom stereocenters. The van der Waals surface area contributed by atoms with Crippen LogP contribution in [-0.4, -0.2) is 28.2 Å². The standard InChI is InChI=1S/C23H28N2O3/c1-22(2,3)28-21(27)24-23(16-18-10-6-4-7-11-18)15-14-20(26)25(23)17-19-12-8-5-9-13-19/h4-13H,14-17H2,1-3H3,(H,24,27)/t23-/m1/s1. The van der Waals surface area contributed by atoms with Gasteiger partial charge in [-0.25, -0.2) is 4.79 Å². The highest BCUT2D eigenvalue weighted by Gasteiger charge is 2.47. The van der Waals surface area contributed by atoms with Crippen molar-refractivity contribution in [1.82, 2.24) is 10.2 Å². The van der Waals surface area contributed by atoms with E-state index in [1.54, 1.807) is 4.90 Å². The Labute approximate surface area is 166 Å². The third kappa shape index (κ3) is 4.91. The molecule has 1 N–H and O–H groups in total. The van der Waals surface area contributed by atoms with E-state index in [1.807, 2.05) is 81.4 Å². The molecule has 1 atom stereocenters. The van der Waals surface area contributed by atoms with Gasteiger partial charge in [0.05, 0.1) is 0 Å². The molecule has 1 aliphatic heterocycles. The van der Waals surface area contributed by atoms with Crippen molar-refractivity contribution in [3.05, 3.63) is 71.8 Å². The van der Waals surface area contributed by atoms with Crippen LogP contribution in [0.15, 0.2) is 60.7 Å². The van der Waals surface area contributed by atoms with Gasteiger partial charge < -0.3 is 9.64 Å². The van der Waals surface area contributed by atoms with Crippen molar-refractivity contribution in [3.63, 3.8) is 0 Å². The van der Waals surface area contributed by atoms with Crippen LogP contribution >= 0.6 is 0 Å². The first-order chi connectivity index (χ1) is 13.3. The summed E-state index contributed by atoms with van der Waals surface area (Å²) in [5.41, 5.74) is 0.675. The Hall–Kier alpha value is -2.82. The minimum Gasteiger partial charge on any atom is -0.444 e. The molecule has 1 aliphatic rings. The number of hydrogen-bond donors (Lipinski definition) is 1. The first-order valence-electron chi connectivity index (χ1n) is 9.67. The molecule has 28 heavy (non-hydrogen) atoms.